The van der Waals surface area contributed by atoms with Gasteiger partial charge in [-0.15, -0.1) is 0 Å². The predicted molar refractivity (Wildman–Crippen MR) is 112 cm³/mol. The molecule has 1 N–H and O–H groups in total. The van der Waals surface area contributed by atoms with E-state index in [2.05, 4.69) is 5.32 Å². The molecule has 4 nitrogen and oxygen atoms in total. The summed E-state index contributed by atoms with van der Waals surface area (Å²) in [5.41, 5.74) is 3.13. The van der Waals surface area contributed by atoms with Crippen molar-refractivity contribution >= 4 is 11.6 Å². The van der Waals surface area contributed by atoms with Crippen LogP contribution in [0.4, 0.5) is 10.2 Å². The van der Waals surface area contributed by atoms with E-state index in [0.717, 1.165) is 22.8 Å². The van der Waals surface area contributed by atoms with Crippen LogP contribution in [0, 0.1) is 5.82 Å². The maximum atomic E-state index is 13.0. The number of nitrogens with zero attached hydrogens (tertiary/aromatic N) is 2. The summed E-state index contributed by atoms with van der Waals surface area (Å²) in [6, 6.07) is 27.0. The number of benzene rings is 3. The van der Waals surface area contributed by atoms with Crippen LogP contribution in [-0.2, 0) is 0 Å². The van der Waals surface area contributed by atoms with Gasteiger partial charge in [0, 0.05) is 29.5 Å². The van der Waals surface area contributed by atoms with E-state index in [1.807, 2.05) is 66.7 Å². The summed E-state index contributed by atoms with van der Waals surface area (Å²) in [5.74, 6) is 0.133. The number of hydrogen-bond donors (Lipinski definition) is 1. The lowest BCUT2D eigenvalue weighted by Crippen LogP contribution is -2.02. The fraction of sp³-hybridized carbons (Fsp3) is 0. The van der Waals surface area contributed by atoms with E-state index in [4.69, 9.17) is 5.10 Å². The Bertz CT molecular complexity index is 1130. The third-order valence-corrected chi connectivity index (χ3v) is 4.37. The largest absolute Gasteiger partial charge is 0.346 e. The second-order valence-electron chi connectivity index (χ2n) is 6.38. The van der Waals surface area contributed by atoms with Crippen LogP contribution >= 0.6 is 0 Å². The fourth-order valence-electron chi connectivity index (χ4n) is 2.91. The van der Waals surface area contributed by atoms with Crippen molar-refractivity contribution in [3.63, 3.8) is 0 Å². The lowest BCUT2D eigenvalue weighted by atomic mass is 10.1. The Hall–Kier alpha value is -3.99. The number of carbonyl (C=O) groups is 1. The second kappa shape index (κ2) is 8.35. The van der Waals surface area contributed by atoms with Gasteiger partial charge in [0.25, 0.3) is 0 Å². The standard InChI is InChI=1S/C24H18FN3O/c25-20-13-11-19(12-14-20)23(29)15-16-26-24-17-22(18-7-3-1-4-8-18)27-28(24)21-9-5-2-6-10-21/h1-17,26H/b16-15+. The monoisotopic (exact) mass is 383 g/mol. The number of anilines is 1. The molecule has 4 aromatic rings. The average molecular weight is 383 g/mol. The molecule has 0 amide bonds. The highest BCUT2D eigenvalue weighted by molar-refractivity contribution is 6.04. The smallest absolute Gasteiger partial charge is 0.187 e. The Morgan fingerprint density at radius 1 is 0.897 bits per heavy atom. The summed E-state index contributed by atoms with van der Waals surface area (Å²) in [5, 5.41) is 7.85. The van der Waals surface area contributed by atoms with Crippen LogP contribution in [0.3, 0.4) is 0 Å². The molecule has 0 aliphatic heterocycles. The van der Waals surface area contributed by atoms with Gasteiger partial charge >= 0.3 is 0 Å². The first-order valence-electron chi connectivity index (χ1n) is 9.14. The van der Waals surface area contributed by atoms with Gasteiger partial charge in [-0.25, -0.2) is 9.07 Å². The van der Waals surface area contributed by atoms with Crippen molar-refractivity contribution < 1.29 is 9.18 Å². The molecule has 0 radical (unpaired) electrons. The Morgan fingerprint density at radius 3 is 2.24 bits per heavy atom. The first-order chi connectivity index (χ1) is 14.2. The molecule has 0 fully saturated rings. The van der Waals surface area contributed by atoms with E-state index in [1.165, 1.54) is 30.3 Å². The predicted octanol–water partition coefficient (Wildman–Crippen LogP) is 5.49. The topological polar surface area (TPSA) is 46.9 Å². The van der Waals surface area contributed by atoms with E-state index in [9.17, 15) is 9.18 Å². The SMILES string of the molecule is O=C(/C=C/Nc1cc(-c2ccccc2)nn1-c1ccccc1)c1ccc(F)cc1. The molecule has 0 aliphatic rings. The molecule has 1 heterocycles. The van der Waals surface area contributed by atoms with Gasteiger partial charge in [0.05, 0.1) is 11.4 Å². The van der Waals surface area contributed by atoms with Gasteiger partial charge in [-0.05, 0) is 36.4 Å². The first-order valence-corrected chi connectivity index (χ1v) is 9.14. The zero-order chi connectivity index (χ0) is 20.1. The van der Waals surface area contributed by atoms with Gasteiger partial charge in [0.15, 0.2) is 5.78 Å². The van der Waals surface area contributed by atoms with E-state index < -0.39 is 0 Å². The van der Waals surface area contributed by atoms with Crippen LogP contribution in [0.25, 0.3) is 16.9 Å². The minimum Gasteiger partial charge on any atom is -0.346 e. The summed E-state index contributed by atoms with van der Waals surface area (Å²) in [6.45, 7) is 0. The van der Waals surface area contributed by atoms with Crippen molar-refractivity contribution in [2.45, 2.75) is 0 Å². The number of halogens is 1. The number of rotatable bonds is 6. The van der Waals surface area contributed by atoms with Gasteiger partial charge < -0.3 is 5.32 Å². The molecular formula is C24H18FN3O. The average Bonchev–Trinajstić information content (AvgIpc) is 3.19. The molecule has 0 saturated carbocycles. The first kappa shape index (κ1) is 18.4. The minimum absolute atomic E-state index is 0.216. The number of nitrogens with one attached hydrogen (secondary N) is 1. The summed E-state index contributed by atoms with van der Waals surface area (Å²) in [6.07, 6.45) is 2.98. The van der Waals surface area contributed by atoms with Gasteiger partial charge in [-0.1, -0.05) is 48.5 Å². The minimum atomic E-state index is -0.371. The van der Waals surface area contributed by atoms with Crippen LogP contribution in [0.2, 0.25) is 0 Å². The molecule has 0 unspecified atom stereocenters. The van der Waals surface area contributed by atoms with Crippen LogP contribution < -0.4 is 5.32 Å². The number of para-hydroxylation sites is 1. The lowest BCUT2D eigenvalue weighted by Gasteiger charge is -2.06. The summed E-state index contributed by atoms with van der Waals surface area (Å²) in [7, 11) is 0. The molecule has 4 rings (SSSR count). The number of hydrogen-bond acceptors (Lipinski definition) is 3. The molecule has 0 spiro atoms. The molecule has 0 saturated heterocycles. The highest BCUT2D eigenvalue weighted by atomic mass is 19.1. The fourth-order valence-corrected chi connectivity index (χ4v) is 2.91. The normalized spacial score (nSPS) is 10.9. The number of ketones is 1. The highest BCUT2D eigenvalue weighted by Crippen LogP contribution is 2.24. The van der Waals surface area contributed by atoms with Crippen LogP contribution in [-0.4, -0.2) is 15.6 Å². The Morgan fingerprint density at radius 2 is 1.55 bits per heavy atom. The molecule has 0 aliphatic carbocycles. The summed E-state index contributed by atoms with van der Waals surface area (Å²) < 4.78 is 14.8. The van der Waals surface area contributed by atoms with Crippen LogP contribution in [0.1, 0.15) is 10.4 Å². The van der Waals surface area contributed by atoms with Crippen LogP contribution in [0.15, 0.2) is 103 Å². The Kier molecular flexibility index (Phi) is 5.29. The number of carbonyl (C=O) groups excluding carboxylic acids is 1. The maximum Gasteiger partial charge on any atom is 0.187 e. The summed E-state index contributed by atoms with van der Waals surface area (Å²) >= 11 is 0. The number of allylic oxidation sites excluding steroid dienone is 1. The highest BCUT2D eigenvalue weighted by Gasteiger charge is 2.10. The lowest BCUT2D eigenvalue weighted by molar-refractivity contribution is 0.104. The van der Waals surface area contributed by atoms with E-state index in [1.54, 1.807) is 10.9 Å². The molecule has 0 atom stereocenters. The van der Waals surface area contributed by atoms with Crippen molar-refractivity contribution in [2.75, 3.05) is 5.32 Å². The van der Waals surface area contributed by atoms with E-state index in [0.29, 0.717) is 5.56 Å². The van der Waals surface area contributed by atoms with E-state index >= 15 is 0 Å². The quantitative estimate of drug-likeness (QED) is 0.354. The van der Waals surface area contributed by atoms with Gasteiger partial charge in [0.1, 0.15) is 11.6 Å². The third kappa shape index (κ3) is 4.30. The van der Waals surface area contributed by atoms with Crippen molar-refractivity contribution in [1.29, 1.82) is 0 Å². The van der Waals surface area contributed by atoms with Gasteiger partial charge in [-0.2, -0.15) is 5.10 Å². The van der Waals surface area contributed by atoms with Gasteiger partial charge in [-0.3, -0.25) is 4.79 Å². The molecule has 5 heteroatoms. The van der Waals surface area contributed by atoms with Crippen molar-refractivity contribution in [2.24, 2.45) is 0 Å². The third-order valence-electron chi connectivity index (χ3n) is 4.37. The zero-order valence-corrected chi connectivity index (χ0v) is 15.5. The molecular weight excluding hydrogens is 365 g/mol. The molecule has 1 aromatic heterocycles. The zero-order valence-electron chi connectivity index (χ0n) is 15.5. The molecule has 0 bridgehead atoms. The summed E-state index contributed by atoms with van der Waals surface area (Å²) in [4.78, 5) is 12.3. The van der Waals surface area contributed by atoms with Crippen molar-refractivity contribution in [1.82, 2.24) is 9.78 Å². The Balaban J connectivity index is 1.61. The Labute approximate surface area is 167 Å². The maximum absolute atomic E-state index is 13.0. The van der Waals surface area contributed by atoms with E-state index in [-0.39, 0.29) is 11.6 Å². The van der Waals surface area contributed by atoms with Crippen molar-refractivity contribution in [3.05, 3.63) is 115 Å². The molecule has 142 valence electrons. The molecule has 29 heavy (non-hydrogen) atoms. The van der Waals surface area contributed by atoms with Crippen molar-refractivity contribution in [3.8, 4) is 16.9 Å². The number of aromatic nitrogens is 2. The molecule has 3 aromatic carbocycles. The van der Waals surface area contributed by atoms with Gasteiger partial charge in [0.2, 0.25) is 0 Å². The van der Waals surface area contributed by atoms with Crippen LogP contribution in [0.5, 0.6) is 0 Å². The second-order valence-corrected chi connectivity index (χ2v) is 6.38.